The maximum atomic E-state index is 12.7. The topological polar surface area (TPSA) is 51.4 Å². The van der Waals surface area contributed by atoms with Crippen LogP contribution in [0.25, 0.3) is 0 Å². The zero-order valence-electron chi connectivity index (χ0n) is 20.6. The van der Waals surface area contributed by atoms with Gasteiger partial charge in [-0.2, -0.15) is 0 Å². The number of aryl methyl sites for hydroxylation is 1. The summed E-state index contributed by atoms with van der Waals surface area (Å²) in [6, 6.07) is 11.4. The monoisotopic (exact) mass is 568 g/mol. The Bertz CT molecular complexity index is 814. The Kier molecular flexibility index (Phi) is 15.6. The van der Waals surface area contributed by atoms with Gasteiger partial charge >= 0.3 is 0 Å². The number of unbranched alkanes of at least 4 members (excludes halogenated alkanes) is 7. The molecule has 1 aromatic carbocycles. The number of nitrogens with one attached hydrogen (secondary N) is 1. The van der Waals surface area contributed by atoms with Crippen LogP contribution in [-0.2, 0) is 13.1 Å². The van der Waals surface area contributed by atoms with Crippen molar-refractivity contribution in [3.8, 4) is 11.5 Å². The molecule has 0 unspecified atom stereocenters. The second-order valence-electron chi connectivity index (χ2n) is 8.26. The van der Waals surface area contributed by atoms with E-state index in [1.807, 2.05) is 30.5 Å². The molecule has 184 valence electrons. The second kappa shape index (κ2) is 17.6. The number of hydrogen-bond acceptors (Lipinski definition) is 3. The first-order valence-corrected chi connectivity index (χ1v) is 12.3. The lowest BCUT2D eigenvalue weighted by Crippen LogP contribution is -3.00. The number of methoxy groups -OCH3 is 1. The average molecular weight is 569 g/mol. The molecule has 0 atom stereocenters. The van der Waals surface area contributed by atoms with E-state index in [9.17, 15) is 4.79 Å². The molecule has 0 bridgehead atoms. The first kappa shape index (κ1) is 29.2. The van der Waals surface area contributed by atoms with E-state index in [1.54, 1.807) is 19.2 Å². The zero-order chi connectivity index (χ0) is 23.0. The zero-order valence-corrected chi connectivity index (χ0v) is 22.7. The molecule has 33 heavy (non-hydrogen) atoms. The Balaban J connectivity index is 0.00000544. The van der Waals surface area contributed by atoms with Crippen LogP contribution in [0.4, 0.5) is 0 Å². The summed E-state index contributed by atoms with van der Waals surface area (Å²) < 4.78 is 13.6. The summed E-state index contributed by atoms with van der Waals surface area (Å²) in [6.45, 7) is 6.48. The summed E-state index contributed by atoms with van der Waals surface area (Å²) in [5.74, 6) is 1.17. The standard InChI is InChI=1S/C27H40N2O3.HI/c1-4-6-7-8-9-10-11-14-20-32-25-17-16-23(21-26(25)31-3)27(30)28-22-24-15-12-13-19-29(24)18-5-2;/h12-13,15-17,19,21H,4-11,14,18,20,22H2,1-3H3;1H. The normalized spacial score (nSPS) is 10.4. The lowest BCUT2D eigenvalue weighted by molar-refractivity contribution is -0.704. The van der Waals surface area contributed by atoms with E-state index < -0.39 is 0 Å². The number of hydrogen-bond donors (Lipinski definition) is 1. The van der Waals surface area contributed by atoms with Gasteiger partial charge in [-0.3, -0.25) is 4.79 Å². The molecule has 2 rings (SSSR count). The fourth-order valence-electron chi connectivity index (χ4n) is 3.75. The summed E-state index contributed by atoms with van der Waals surface area (Å²) in [6.07, 6.45) is 13.2. The van der Waals surface area contributed by atoms with Crippen molar-refractivity contribution in [1.82, 2.24) is 5.32 Å². The van der Waals surface area contributed by atoms with Crippen molar-refractivity contribution in [3.63, 3.8) is 0 Å². The van der Waals surface area contributed by atoms with Crippen molar-refractivity contribution in [1.29, 1.82) is 0 Å². The highest BCUT2D eigenvalue weighted by molar-refractivity contribution is 5.94. The van der Waals surface area contributed by atoms with Crippen LogP contribution < -0.4 is 43.3 Å². The van der Waals surface area contributed by atoms with Crippen molar-refractivity contribution in [2.24, 2.45) is 0 Å². The van der Waals surface area contributed by atoms with Gasteiger partial charge in [-0.15, -0.1) is 0 Å². The van der Waals surface area contributed by atoms with Gasteiger partial charge in [0.05, 0.1) is 13.7 Å². The van der Waals surface area contributed by atoms with Gasteiger partial charge in [-0.05, 0) is 24.6 Å². The van der Waals surface area contributed by atoms with Gasteiger partial charge in [-0.1, -0.05) is 64.9 Å². The molecular formula is C27H41IN2O3. The predicted molar refractivity (Wildman–Crippen MR) is 129 cm³/mol. The molecule has 5 nitrogen and oxygen atoms in total. The van der Waals surface area contributed by atoms with E-state index in [2.05, 4.69) is 23.7 Å². The number of ether oxygens (including phenoxy) is 2. The molecule has 0 saturated carbocycles. The maximum Gasteiger partial charge on any atom is 0.251 e. The molecule has 1 heterocycles. The third kappa shape index (κ3) is 10.8. The minimum absolute atomic E-state index is 0. The molecule has 1 N–H and O–H groups in total. The highest BCUT2D eigenvalue weighted by Gasteiger charge is 2.14. The Morgan fingerprint density at radius 3 is 2.33 bits per heavy atom. The lowest BCUT2D eigenvalue weighted by atomic mass is 10.1. The van der Waals surface area contributed by atoms with Gasteiger partial charge in [0.1, 0.15) is 13.1 Å². The molecule has 1 amide bonds. The number of amides is 1. The van der Waals surface area contributed by atoms with Gasteiger partial charge in [0.2, 0.25) is 5.69 Å². The number of aromatic nitrogens is 1. The van der Waals surface area contributed by atoms with E-state index >= 15 is 0 Å². The molecule has 0 aliphatic carbocycles. The average Bonchev–Trinajstić information content (AvgIpc) is 2.82. The Hall–Kier alpha value is -1.83. The van der Waals surface area contributed by atoms with Crippen molar-refractivity contribution < 1.29 is 42.8 Å². The number of halogens is 1. The second-order valence-corrected chi connectivity index (χ2v) is 8.26. The summed E-state index contributed by atoms with van der Waals surface area (Å²) in [5.41, 5.74) is 1.65. The SMILES string of the molecule is CCCCCCCCCCOc1ccc(C(=O)NCc2cccc[n+]2CCC)cc1OC.[I-]. The summed E-state index contributed by atoms with van der Waals surface area (Å²) >= 11 is 0. The highest BCUT2D eigenvalue weighted by atomic mass is 127. The smallest absolute Gasteiger partial charge is 0.251 e. The van der Waals surface area contributed by atoms with E-state index in [4.69, 9.17) is 9.47 Å². The third-order valence-corrected chi connectivity index (χ3v) is 5.61. The van der Waals surface area contributed by atoms with Crippen LogP contribution in [0.15, 0.2) is 42.6 Å². The quantitative estimate of drug-likeness (QED) is 0.193. The number of pyridine rings is 1. The molecular weight excluding hydrogens is 527 g/mol. The van der Waals surface area contributed by atoms with Crippen molar-refractivity contribution in [2.75, 3.05) is 13.7 Å². The largest absolute Gasteiger partial charge is 1.00 e. The van der Waals surface area contributed by atoms with Gasteiger partial charge in [0, 0.05) is 24.1 Å². The molecule has 0 aliphatic heterocycles. The molecule has 0 fully saturated rings. The van der Waals surface area contributed by atoms with Gasteiger partial charge < -0.3 is 38.8 Å². The third-order valence-electron chi connectivity index (χ3n) is 5.61. The Labute approximate surface area is 217 Å². The predicted octanol–water partition coefficient (Wildman–Crippen LogP) is 2.85. The number of carbonyl (C=O) groups excluding carboxylic acids is 1. The molecule has 2 aromatic rings. The van der Waals surface area contributed by atoms with Crippen LogP contribution >= 0.6 is 0 Å². The molecule has 6 heteroatoms. The van der Waals surface area contributed by atoms with Gasteiger partial charge in [-0.25, -0.2) is 4.57 Å². The van der Waals surface area contributed by atoms with E-state index in [0.29, 0.717) is 30.2 Å². The lowest BCUT2D eigenvalue weighted by Gasteiger charge is -2.12. The van der Waals surface area contributed by atoms with Crippen LogP contribution in [0.3, 0.4) is 0 Å². The molecule has 1 aromatic heterocycles. The van der Waals surface area contributed by atoms with E-state index in [-0.39, 0.29) is 29.9 Å². The fourth-order valence-corrected chi connectivity index (χ4v) is 3.75. The summed E-state index contributed by atoms with van der Waals surface area (Å²) in [4.78, 5) is 12.7. The summed E-state index contributed by atoms with van der Waals surface area (Å²) in [7, 11) is 1.61. The van der Waals surface area contributed by atoms with E-state index in [0.717, 1.165) is 25.1 Å². The first-order chi connectivity index (χ1) is 15.7. The van der Waals surface area contributed by atoms with Crippen LogP contribution in [0.5, 0.6) is 11.5 Å². The number of nitrogens with zero attached hydrogens (tertiary/aromatic N) is 1. The van der Waals surface area contributed by atoms with Crippen LogP contribution in [0, 0.1) is 0 Å². The Morgan fingerprint density at radius 2 is 1.64 bits per heavy atom. The van der Waals surface area contributed by atoms with Crippen LogP contribution in [0.2, 0.25) is 0 Å². The highest BCUT2D eigenvalue weighted by Crippen LogP contribution is 2.28. The molecule has 0 saturated heterocycles. The number of benzene rings is 1. The number of carbonyl (C=O) groups is 1. The fraction of sp³-hybridized carbons (Fsp3) is 0.556. The molecule has 0 radical (unpaired) electrons. The first-order valence-electron chi connectivity index (χ1n) is 12.3. The Morgan fingerprint density at radius 1 is 0.909 bits per heavy atom. The molecule has 0 spiro atoms. The number of rotatable bonds is 16. The minimum Gasteiger partial charge on any atom is -1.00 e. The van der Waals surface area contributed by atoms with Crippen LogP contribution in [0.1, 0.15) is 87.7 Å². The van der Waals surface area contributed by atoms with Crippen molar-refractivity contribution in [3.05, 3.63) is 53.9 Å². The van der Waals surface area contributed by atoms with Gasteiger partial charge in [0.25, 0.3) is 5.91 Å². The summed E-state index contributed by atoms with van der Waals surface area (Å²) in [5, 5.41) is 3.01. The van der Waals surface area contributed by atoms with Crippen LogP contribution in [-0.4, -0.2) is 19.6 Å². The van der Waals surface area contributed by atoms with E-state index in [1.165, 1.54) is 44.9 Å². The van der Waals surface area contributed by atoms with Gasteiger partial charge in [0.15, 0.2) is 17.7 Å². The van der Waals surface area contributed by atoms with Crippen molar-refractivity contribution >= 4 is 5.91 Å². The maximum absolute atomic E-state index is 12.7. The minimum atomic E-state index is -0.121. The van der Waals surface area contributed by atoms with Crippen molar-refractivity contribution in [2.45, 2.75) is 84.7 Å². The molecule has 0 aliphatic rings.